The molecule has 6 heteroatoms. The van der Waals surface area contributed by atoms with Crippen molar-refractivity contribution in [3.63, 3.8) is 0 Å². The fraction of sp³-hybridized carbons (Fsp3) is 0.444. The van der Waals surface area contributed by atoms with Crippen molar-refractivity contribution in [3.8, 4) is 0 Å². The predicted octanol–water partition coefficient (Wildman–Crippen LogP) is 1.82. The van der Waals surface area contributed by atoms with Crippen LogP contribution in [0.1, 0.15) is 19.1 Å². The zero-order valence-electron chi connectivity index (χ0n) is 8.46. The Labute approximate surface area is 91.8 Å². The van der Waals surface area contributed by atoms with Crippen LogP contribution < -0.4 is 0 Å². The normalized spacial score (nSPS) is 10.7. The Morgan fingerprint density at radius 3 is 3.20 bits per heavy atom. The minimum atomic E-state index is 0.589. The van der Waals surface area contributed by atoms with Crippen molar-refractivity contribution < 1.29 is 4.42 Å². The molecule has 0 radical (unpaired) electrons. The lowest BCUT2D eigenvalue weighted by molar-refractivity contribution is 0.462. The molecule has 0 fully saturated rings. The highest BCUT2D eigenvalue weighted by Crippen LogP contribution is 2.15. The van der Waals surface area contributed by atoms with E-state index in [1.807, 2.05) is 12.1 Å². The molecule has 2 heterocycles. The summed E-state index contributed by atoms with van der Waals surface area (Å²) in [5.74, 6) is 1.89. The van der Waals surface area contributed by atoms with Gasteiger partial charge in [-0.25, -0.2) is 4.68 Å². The third-order valence-corrected chi connectivity index (χ3v) is 2.98. The number of furan rings is 1. The van der Waals surface area contributed by atoms with Crippen LogP contribution in [-0.4, -0.2) is 26.0 Å². The second-order valence-electron chi connectivity index (χ2n) is 3.05. The number of tetrazole rings is 1. The Morgan fingerprint density at radius 2 is 2.47 bits per heavy atom. The average molecular weight is 224 g/mol. The molecule has 2 aromatic rings. The fourth-order valence-electron chi connectivity index (χ4n) is 1.14. The van der Waals surface area contributed by atoms with Gasteiger partial charge in [0.1, 0.15) is 12.3 Å². The quantitative estimate of drug-likeness (QED) is 0.725. The summed E-state index contributed by atoms with van der Waals surface area (Å²) >= 11 is 1.66. The minimum Gasteiger partial charge on any atom is -0.467 e. The van der Waals surface area contributed by atoms with Crippen LogP contribution in [0.15, 0.2) is 28.0 Å². The minimum absolute atomic E-state index is 0.589. The average Bonchev–Trinajstić information content (AvgIpc) is 2.87. The van der Waals surface area contributed by atoms with E-state index in [0.29, 0.717) is 6.54 Å². The zero-order valence-corrected chi connectivity index (χ0v) is 9.28. The third kappa shape index (κ3) is 2.59. The van der Waals surface area contributed by atoms with Crippen molar-refractivity contribution in [2.24, 2.45) is 0 Å². The van der Waals surface area contributed by atoms with Gasteiger partial charge in [0.2, 0.25) is 5.16 Å². The molecule has 0 unspecified atom stereocenters. The van der Waals surface area contributed by atoms with Gasteiger partial charge in [0.05, 0.1) is 6.26 Å². The molecule has 15 heavy (non-hydrogen) atoms. The van der Waals surface area contributed by atoms with Gasteiger partial charge in [-0.3, -0.25) is 0 Å². The van der Waals surface area contributed by atoms with Gasteiger partial charge in [-0.05, 0) is 29.0 Å². The molecule has 0 aromatic carbocycles. The standard InChI is InChI=1S/C9H12N4OS/c1-2-6-15-9-10-11-12-13(9)7-8-4-3-5-14-8/h3-5H,2,6-7H2,1H3. The molecular weight excluding hydrogens is 212 g/mol. The van der Waals surface area contributed by atoms with Crippen LogP contribution in [0, 0.1) is 0 Å². The number of rotatable bonds is 5. The molecule has 80 valence electrons. The molecular formula is C9H12N4OS. The summed E-state index contributed by atoms with van der Waals surface area (Å²) < 4.78 is 6.99. The molecule has 0 aliphatic rings. The number of aromatic nitrogens is 4. The summed E-state index contributed by atoms with van der Waals surface area (Å²) in [4.78, 5) is 0. The molecule has 0 aliphatic carbocycles. The van der Waals surface area contributed by atoms with E-state index >= 15 is 0 Å². The Kier molecular flexibility index (Phi) is 3.39. The highest BCUT2D eigenvalue weighted by atomic mass is 32.2. The largest absolute Gasteiger partial charge is 0.467 e. The van der Waals surface area contributed by atoms with Crippen molar-refractivity contribution in [2.45, 2.75) is 25.0 Å². The summed E-state index contributed by atoms with van der Waals surface area (Å²) in [5.41, 5.74) is 0. The maximum Gasteiger partial charge on any atom is 0.209 e. The number of thioether (sulfide) groups is 1. The first-order valence-electron chi connectivity index (χ1n) is 4.81. The lowest BCUT2D eigenvalue weighted by Crippen LogP contribution is -2.03. The van der Waals surface area contributed by atoms with Gasteiger partial charge in [0.15, 0.2) is 0 Å². The second kappa shape index (κ2) is 4.97. The van der Waals surface area contributed by atoms with Gasteiger partial charge in [0.25, 0.3) is 0 Å². The molecule has 0 bridgehead atoms. The highest BCUT2D eigenvalue weighted by Gasteiger charge is 2.07. The van der Waals surface area contributed by atoms with Crippen LogP contribution >= 0.6 is 11.8 Å². The van der Waals surface area contributed by atoms with E-state index in [1.165, 1.54) is 0 Å². The predicted molar refractivity (Wildman–Crippen MR) is 56.6 cm³/mol. The van der Waals surface area contributed by atoms with Crippen LogP contribution in [0.5, 0.6) is 0 Å². The fourth-order valence-corrected chi connectivity index (χ4v) is 1.87. The number of hydrogen-bond donors (Lipinski definition) is 0. The summed E-state index contributed by atoms with van der Waals surface area (Å²) in [6, 6.07) is 3.77. The Morgan fingerprint density at radius 1 is 1.53 bits per heavy atom. The van der Waals surface area contributed by atoms with E-state index in [2.05, 4.69) is 22.4 Å². The van der Waals surface area contributed by atoms with E-state index < -0.39 is 0 Å². The van der Waals surface area contributed by atoms with Crippen molar-refractivity contribution in [2.75, 3.05) is 5.75 Å². The SMILES string of the molecule is CCCSc1nnnn1Cc1ccco1. The summed E-state index contributed by atoms with van der Waals surface area (Å²) in [7, 11) is 0. The summed E-state index contributed by atoms with van der Waals surface area (Å²) in [6.45, 7) is 2.72. The highest BCUT2D eigenvalue weighted by molar-refractivity contribution is 7.99. The van der Waals surface area contributed by atoms with E-state index in [1.54, 1.807) is 22.7 Å². The van der Waals surface area contributed by atoms with Crippen LogP contribution in [0.25, 0.3) is 0 Å². The van der Waals surface area contributed by atoms with E-state index in [-0.39, 0.29) is 0 Å². The monoisotopic (exact) mass is 224 g/mol. The first-order valence-corrected chi connectivity index (χ1v) is 5.80. The topological polar surface area (TPSA) is 56.7 Å². The Hall–Kier alpha value is -1.30. The van der Waals surface area contributed by atoms with Crippen molar-refractivity contribution >= 4 is 11.8 Å². The van der Waals surface area contributed by atoms with Crippen molar-refractivity contribution in [1.29, 1.82) is 0 Å². The molecule has 2 rings (SSSR count). The smallest absolute Gasteiger partial charge is 0.209 e. The molecule has 0 amide bonds. The number of nitrogens with zero attached hydrogens (tertiary/aromatic N) is 4. The lowest BCUT2D eigenvalue weighted by Gasteiger charge is -2.00. The van der Waals surface area contributed by atoms with Gasteiger partial charge in [0, 0.05) is 5.75 Å². The number of hydrogen-bond acceptors (Lipinski definition) is 5. The molecule has 5 nitrogen and oxygen atoms in total. The zero-order chi connectivity index (χ0) is 10.5. The first-order chi connectivity index (χ1) is 7.40. The third-order valence-electron chi connectivity index (χ3n) is 1.82. The van der Waals surface area contributed by atoms with Crippen LogP contribution in [-0.2, 0) is 6.54 Å². The maximum absolute atomic E-state index is 5.24. The van der Waals surface area contributed by atoms with Crippen LogP contribution in [0.3, 0.4) is 0 Å². The van der Waals surface area contributed by atoms with E-state index in [4.69, 9.17) is 4.42 Å². The van der Waals surface area contributed by atoms with Gasteiger partial charge < -0.3 is 4.42 Å². The summed E-state index contributed by atoms with van der Waals surface area (Å²) in [6.07, 6.45) is 2.76. The molecule has 0 saturated carbocycles. The lowest BCUT2D eigenvalue weighted by atomic mass is 10.4. The molecule has 0 saturated heterocycles. The Bertz CT molecular complexity index is 398. The maximum atomic E-state index is 5.24. The second-order valence-corrected chi connectivity index (χ2v) is 4.11. The summed E-state index contributed by atoms with van der Waals surface area (Å²) in [5, 5.41) is 12.4. The van der Waals surface area contributed by atoms with Gasteiger partial charge in [-0.1, -0.05) is 18.7 Å². The van der Waals surface area contributed by atoms with E-state index in [0.717, 1.165) is 23.1 Å². The van der Waals surface area contributed by atoms with Crippen LogP contribution in [0.2, 0.25) is 0 Å². The van der Waals surface area contributed by atoms with Crippen molar-refractivity contribution in [3.05, 3.63) is 24.2 Å². The Balaban J connectivity index is 2.04. The molecule has 2 aromatic heterocycles. The van der Waals surface area contributed by atoms with Crippen molar-refractivity contribution in [1.82, 2.24) is 20.2 Å². The molecule has 0 spiro atoms. The van der Waals surface area contributed by atoms with E-state index in [9.17, 15) is 0 Å². The first kappa shape index (κ1) is 10.2. The molecule has 0 N–H and O–H groups in total. The molecule has 0 atom stereocenters. The van der Waals surface area contributed by atoms with Gasteiger partial charge in [-0.15, -0.1) is 5.10 Å². The van der Waals surface area contributed by atoms with Crippen LogP contribution in [0.4, 0.5) is 0 Å². The van der Waals surface area contributed by atoms with Gasteiger partial charge in [-0.2, -0.15) is 0 Å². The molecule has 0 aliphatic heterocycles. The van der Waals surface area contributed by atoms with Gasteiger partial charge >= 0.3 is 0 Å².